The molecule has 3 aromatic rings. The molecule has 0 bridgehead atoms. The fourth-order valence-corrected chi connectivity index (χ4v) is 4.27. The van der Waals surface area contributed by atoms with E-state index in [0.29, 0.717) is 5.75 Å². The van der Waals surface area contributed by atoms with Crippen molar-refractivity contribution in [2.75, 3.05) is 32.7 Å². The number of piperazine rings is 1. The SMILES string of the molecule is Cc1c(-c2ccc(O)cc2)n(CCCCN2CCNCC2)c2ccc(O)cc12. The molecule has 2 heterocycles. The first kappa shape index (κ1) is 18.8. The highest BCUT2D eigenvalue weighted by Gasteiger charge is 2.16. The summed E-state index contributed by atoms with van der Waals surface area (Å²) in [6.07, 6.45) is 2.28. The Labute approximate surface area is 166 Å². The maximum absolute atomic E-state index is 9.97. The van der Waals surface area contributed by atoms with Gasteiger partial charge in [-0.05, 0) is 79.9 Å². The van der Waals surface area contributed by atoms with Crippen molar-refractivity contribution >= 4 is 10.9 Å². The number of aromatic nitrogens is 1. The number of nitrogens with one attached hydrogen (secondary N) is 1. The van der Waals surface area contributed by atoms with Crippen molar-refractivity contribution in [3.8, 4) is 22.8 Å². The van der Waals surface area contributed by atoms with E-state index in [1.165, 1.54) is 17.7 Å². The van der Waals surface area contributed by atoms with Gasteiger partial charge in [0.15, 0.2) is 0 Å². The summed E-state index contributed by atoms with van der Waals surface area (Å²) >= 11 is 0. The second-order valence-electron chi connectivity index (χ2n) is 7.67. The van der Waals surface area contributed by atoms with Crippen molar-refractivity contribution in [2.24, 2.45) is 0 Å². The molecule has 1 saturated heterocycles. The first-order valence-corrected chi connectivity index (χ1v) is 10.2. The summed E-state index contributed by atoms with van der Waals surface area (Å²) in [6, 6.07) is 13.0. The van der Waals surface area contributed by atoms with Gasteiger partial charge in [0.1, 0.15) is 11.5 Å². The third kappa shape index (κ3) is 3.86. The van der Waals surface area contributed by atoms with Gasteiger partial charge in [-0.25, -0.2) is 0 Å². The smallest absolute Gasteiger partial charge is 0.116 e. The standard InChI is InChI=1S/C23H29N3O2/c1-17-21-16-20(28)8-9-22(21)26(23(17)18-4-6-19(27)7-5-18)13-3-2-12-25-14-10-24-11-15-25/h4-9,16,24,27-28H,2-3,10-15H2,1H3. The maximum Gasteiger partial charge on any atom is 0.116 e. The number of hydrogen-bond donors (Lipinski definition) is 3. The van der Waals surface area contributed by atoms with Crippen LogP contribution < -0.4 is 5.32 Å². The Morgan fingerprint density at radius 2 is 1.57 bits per heavy atom. The highest BCUT2D eigenvalue weighted by Crippen LogP contribution is 2.35. The molecule has 1 aliphatic rings. The Bertz CT molecular complexity index is 941. The Hall–Kier alpha value is -2.50. The number of unbranched alkanes of at least 4 members (excludes halogenated alkanes) is 1. The number of phenolic OH excluding ortho intramolecular Hbond substituents is 2. The van der Waals surface area contributed by atoms with E-state index in [1.807, 2.05) is 24.3 Å². The van der Waals surface area contributed by atoms with Gasteiger partial charge >= 0.3 is 0 Å². The van der Waals surface area contributed by atoms with E-state index in [-0.39, 0.29) is 5.75 Å². The minimum Gasteiger partial charge on any atom is -0.508 e. The fourth-order valence-electron chi connectivity index (χ4n) is 4.27. The maximum atomic E-state index is 9.97. The average Bonchev–Trinajstić information content (AvgIpc) is 2.98. The van der Waals surface area contributed by atoms with Crippen LogP contribution >= 0.6 is 0 Å². The van der Waals surface area contributed by atoms with E-state index in [4.69, 9.17) is 0 Å². The number of phenols is 2. The third-order valence-electron chi connectivity index (χ3n) is 5.76. The van der Waals surface area contributed by atoms with Gasteiger partial charge in [-0.1, -0.05) is 0 Å². The lowest BCUT2D eigenvalue weighted by atomic mass is 10.1. The van der Waals surface area contributed by atoms with Crippen LogP contribution in [0.1, 0.15) is 18.4 Å². The molecule has 1 aliphatic heterocycles. The predicted molar refractivity (Wildman–Crippen MR) is 114 cm³/mol. The molecule has 3 N–H and O–H groups in total. The summed E-state index contributed by atoms with van der Waals surface area (Å²) in [5.74, 6) is 0.571. The molecule has 1 aromatic heterocycles. The number of benzene rings is 2. The minimum atomic E-state index is 0.276. The Balaban J connectivity index is 1.59. The van der Waals surface area contributed by atoms with E-state index in [2.05, 4.69) is 21.7 Å². The lowest BCUT2D eigenvalue weighted by Crippen LogP contribution is -2.43. The van der Waals surface area contributed by atoms with Gasteiger partial charge < -0.3 is 25.0 Å². The Morgan fingerprint density at radius 1 is 0.893 bits per heavy atom. The Kier molecular flexibility index (Phi) is 5.55. The molecule has 1 fully saturated rings. The van der Waals surface area contributed by atoms with Crippen molar-refractivity contribution in [1.82, 2.24) is 14.8 Å². The van der Waals surface area contributed by atoms with E-state index in [9.17, 15) is 10.2 Å². The highest BCUT2D eigenvalue weighted by molar-refractivity contribution is 5.92. The first-order valence-electron chi connectivity index (χ1n) is 10.2. The molecule has 0 atom stereocenters. The average molecular weight is 380 g/mol. The van der Waals surface area contributed by atoms with Crippen LogP contribution in [0.3, 0.4) is 0 Å². The largest absolute Gasteiger partial charge is 0.508 e. The van der Waals surface area contributed by atoms with Gasteiger partial charge in [0.05, 0.1) is 5.69 Å². The lowest BCUT2D eigenvalue weighted by Gasteiger charge is -2.27. The molecular formula is C23H29N3O2. The van der Waals surface area contributed by atoms with Crippen molar-refractivity contribution in [3.05, 3.63) is 48.0 Å². The van der Waals surface area contributed by atoms with E-state index >= 15 is 0 Å². The normalized spacial score (nSPS) is 15.3. The topological polar surface area (TPSA) is 60.7 Å². The monoisotopic (exact) mass is 379 g/mol. The van der Waals surface area contributed by atoms with Crippen molar-refractivity contribution in [3.63, 3.8) is 0 Å². The quantitative estimate of drug-likeness (QED) is 0.572. The highest BCUT2D eigenvalue weighted by atomic mass is 16.3. The van der Waals surface area contributed by atoms with Gasteiger partial charge in [-0.3, -0.25) is 0 Å². The number of nitrogens with zero attached hydrogens (tertiary/aromatic N) is 2. The number of aromatic hydroxyl groups is 2. The van der Waals surface area contributed by atoms with Gasteiger partial charge in [0, 0.05) is 43.6 Å². The molecule has 0 unspecified atom stereocenters. The zero-order chi connectivity index (χ0) is 19.5. The van der Waals surface area contributed by atoms with Crippen LogP contribution in [0.15, 0.2) is 42.5 Å². The second kappa shape index (κ2) is 8.25. The van der Waals surface area contributed by atoms with Crippen LogP contribution in [0.4, 0.5) is 0 Å². The molecule has 0 spiro atoms. The molecule has 4 rings (SSSR count). The molecule has 148 valence electrons. The van der Waals surface area contributed by atoms with Crippen LogP contribution in [-0.2, 0) is 6.54 Å². The minimum absolute atomic E-state index is 0.276. The Morgan fingerprint density at radius 3 is 2.32 bits per heavy atom. The summed E-state index contributed by atoms with van der Waals surface area (Å²) in [5.41, 5.74) is 4.58. The number of rotatable bonds is 6. The summed E-state index contributed by atoms with van der Waals surface area (Å²) in [7, 11) is 0. The lowest BCUT2D eigenvalue weighted by molar-refractivity contribution is 0.235. The molecule has 28 heavy (non-hydrogen) atoms. The van der Waals surface area contributed by atoms with Crippen molar-refractivity contribution in [2.45, 2.75) is 26.3 Å². The van der Waals surface area contributed by atoms with Gasteiger partial charge in [-0.15, -0.1) is 0 Å². The number of aryl methyl sites for hydroxylation is 2. The molecule has 5 nitrogen and oxygen atoms in total. The third-order valence-corrected chi connectivity index (χ3v) is 5.76. The molecule has 0 saturated carbocycles. The fraction of sp³-hybridized carbons (Fsp3) is 0.391. The molecular weight excluding hydrogens is 350 g/mol. The molecule has 0 radical (unpaired) electrons. The summed E-state index contributed by atoms with van der Waals surface area (Å²) in [4.78, 5) is 2.54. The summed E-state index contributed by atoms with van der Waals surface area (Å²) < 4.78 is 2.37. The van der Waals surface area contributed by atoms with Crippen LogP contribution in [0.25, 0.3) is 22.2 Å². The van der Waals surface area contributed by atoms with E-state index < -0.39 is 0 Å². The molecule has 0 amide bonds. The molecule has 0 aliphatic carbocycles. The number of fused-ring (bicyclic) bond motifs is 1. The van der Waals surface area contributed by atoms with Crippen LogP contribution in [0.2, 0.25) is 0 Å². The van der Waals surface area contributed by atoms with Crippen molar-refractivity contribution in [1.29, 1.82) is 0 Å². The van der Waals surface area contributed by atoms with Crippen LogP contribution in [-0.4, -0.2) is 52.4 Å². The van der Waals surface area contributed by atoms with Crippen molar-refractivity contribution < 1.29 is 10.2 Å². The summed E-state index contributed by atoms with van der Waals surface area (Å²) in [5, 5.41) is 24.1. The zero-order valence-corrected chi connectivity index (χ0v) is 16.5. The predicted octanol–water partition coefficient (Wildman–Crippen LogP) is 3.71. The van der Waals surface area contributed by atoms with E-state index in [1.54, 1.807) is 18.2 Å². The van der Waals surface area contributed by atoms with Gasteiger partial charge in [0.2, 0.25) is 0 Å². The summed E-state index contributed by atoms with van der Waals surface area (Å²) in [6.45, 7) is 8.67. The zero-order valence-electron chi connectivity index (χ0n) is 16.5. The molecule has 2 aromatic carbocycles. The molecule has 5 heteroatoms. The van der Waals surface area contributed by atoms with Gasteiger partial charge in [0.25, 0.3) is 0 Å². The second-order valence-corrected chi connectivity index (χ2v) is 7.67. The number of hydrogen-bond acceptors (Lipinski definition) is 4. The van der Waals surface area contributed by atoms with E-state index in [0.717, 1.165) is 62.2 Å². The van der Waals surface area contributed by atoms with Crippen LogP contribution in [0, 0.1) is 6.92 Å². The van der Waals surface area contributed by atoms with Crippen LogP contribution in [0.5, 0.6) is 11.5 Å². The van der Waals surface area contributed by atoms with Gasteiger partial charge in [-0.2, -0.15) is 0 Å². The first-order chi connectivity index (χ1) is 13.6.